The van der Waals surface area contributed by atoms with Gasteiger partial charge in [-0.05, 0) is 36.8 Å². The lowest BCUT2D eigenvalue weighted by Crippen LogP contribution is -2.29. The topological polar surface area (TPSA) is 9.23 Å². The number of hydrogen-bond acceptors (Lipinski definition) is 2. The Labute approximate surface area is 121 Å². The number of halogens is 4. The van der Waals surface area contributed by atoms with Crippen LogP contribution in [-0.4, -0.2) is 12.4 Å². The summed E-state index contributed by atoms with van der Waals surface area (Å²) in [5, 5.41) is 0. The Kier molecular flexibility index (Phi) is 5.74. The molecule has 0 saturated carbocycles. The molecule has 0 aliphatic carbocycles. The summed E-state index contributed by atoms with van der Waals surface area (Å²) in [7, 11) is 0. The highest BCUT2D eigenvalue weighted by Gasteiger charge is 2.34. The quantitative estimate of drug-likeness (QED) is 0.577. The first-order valence-electron chi connectivity index (χ1n) is 6.38. The second-order valence-corrected chi connectivity index (χ2v) is 5.11. The van der Waals surface area contributed by atoms with Gasteiger partial charge >= 0.3 is 6.18 Å². The van der Waals surface area contributed by atoms with Crippen molar-refractivity contribution < 1.29 is 22.3 Å². The molecular formula is C14H18F4OS. The number of benzene rings is 1. The number of ether oxygens (including phenoxy) is 1. The maximum absolute atomic E-state index is 13.2. The van der Waals surface area contributed by atoms with Gasteiger partial charge in [-0.15, -0.1) is 0 Å². The molecule has 0 fully saturated rings. The maximum Gasteiger partial charge on any atom is 0.419 e. The first kappa shape index (κ1) is 17.1. The van der Waals surface area contributed by atoms with Crippen molar-refractivity contribution in [1.82, 2.24) is 0 Å². The molecule has 0 aliphatic heterocycles. The van der Waals surface area contributed by atoms with Crippen LogP contribution in [0.5, 0.6) is 5.75 Å². The minimum Gasteiger partial charge on any atom is -0.493 e. The van der Waals surface area contributed by atoms with Gasteiger partial charge in [0.25, 0.3) is 0 Å². The van der Waals surface area contributed by atoms with Crippen LogP contribution in [0.4, 0.5) is 17.6 Å². The highest BCUT2D eigenvalue weighted by molar-refractivity contribution is 7.80. The van der Waals surface area contributed by atoms with E-state index in [0.29, 0.717) is 11.8 Å². The Morgan fingerprint density at radius 3 is 2.20 bits per heavy atom. The van der Waals surface area contributed by atoms with Gasteiger partial charge in [-0.2, -0.15) is 25.8 Å². The van der Waals surface area contributed by atoms with Gasteiger partial charge in [0.2, 0.25) is 0 Å². The third-order valence-corrected chi connectivity index (χ3v) is 4.29. The minimum atomic E-state index is -4.72. The second kappa shape index (κ2) is 6.70. The third kappa shape index (κ3) is 4.04. The highest BCUT2D eigenvalue weighted by atomic mass is 32.1. The van der Waals surface area contributed by atoms with Crippen molar-refractivity contribution in [3.05, 3.63) is 29.6 Å². The number of thiol groups is 1. The highest BCUT2D eigenvalue weighted by Crippen LogP contribution is 2.34. The SMILES string of the molecule is CCC(CC)(CS)COc1ccc(F)c(C(F)(F)F)c1. The van der Waals surface area contributed by atoms with Crippen LogP contribution >= 0.6 is 12.6 Å². The van der Waals surface area contributed by atoms with E-state index in [1.165, 1.54) is 6.07 Å². The number of rotatable bonds is 6. The van der Waals surface area contributed by atoms with Crippen molar-refractivity contribution >= 4 is 12.6 Å². The first-order chi connectivity index (χ1) is 9.28. The zero-order chi connectivity index (χ0) is 15.4. The zero-order valence-electron chi connectivity index (χ0n) is 11.4. The third-order valence-electron chi connectivity index (χ3n) is 3.62. The summed E-state index contributed by atoms with van der Waals surface area (Å²) >= 11 is 4.27. The fourth-order valence-corrected chi connectivity index (χ4v) is 2.31. The molecule has 0 bridgehead atoms. The predicted molar refractivity (Wildman–Crippen MR) is 73.8 cm³/mol. The molecule has 1 nitrogen and oxygen atoms in total. The zero-order valence-corrected chi connectivity index (χ0v) is 12.3. The van der Waals surface area contributed by atoms with Gasteiger partial charge in [0.05, 0.1) is 12.2 Å². The molecule has 1 rings (SSSR count). The lowest BCUT2D eigenvalue weighted by molar-refractivity contribution is -0.140. The predicted octanol–water partition coefficient (Wildman–Crippen LogP) is 4.96. The van der Waals surface area contributed by atoms with Gasteiger partial charge in [0.1, 0.15) is 11.6 Å². The molecule has 6 heteroatoms. The van der Waals surface area contributed by atoms with Crippen LogP contribution in [0, 0.1) is 11.2 Å². The smallest absolute Gasteiger partial charge is 0.419 e. The van der Waals surface area contributed by atoms with E-state index in [9.17, 15) is 17.6 Å². The average Bonchev–Trinajstić information content (AvgIpc) is 2.41. The van der Waals surface area contributed by atoms with Crippen LogP contribution in [0.2, 0.25) is 0 Å². The number of alkyl halides is 3. The molecule has 0 saturated heterocycles. The Balaban J connectivity index is 2.89. The van der Waals surface area contributed by atoms with Gasteiger partial charge in [-0.25, -0.2) is 4.39 Å². The molecule has 0 heterocycles. The Hall–Kier alpha value is -0.910. The van der Waals surface area contributed by atoms with E-state index in [1.807, 2.05) is 13.8 Å². The molecule has 0 N–H and O–H groups in total. The molecular weight excluding hydrogens is 292 g/mol. The first-order valence-corrected chi connectivity index (χ1v) is 7.01. The average molecular weight is 310 g/mol. The molecule has 0 unspecified atom stereocenters. The van der Waals surface area contributed by atoms with Crippen molar-refractivity contribution in [2.75, 3.05) is 12.4 Å². The van der Waals surface area contributed by atoms with E-state index >= 15 is 0 Å². The fourth-order valence-electron chi connectivity index (χ4n) is 1.77. The van der Waals surface area contributed by atoms with Gasteiger partial charge < -0.3 is 4.74 Å². The molecule has 114 valence electrons. The Bertz CT molecular complexity index is 433. The van der Waals surface area contributed by atoms with Gasteiger partial charge in [-0.1, -0.05) is 13.8 Å². The van der Waals surface area contributed by atoms with Crippen LogP contribution in [0.25, 0.3) is 0 Å². The molecule has 20 heavy (non-hydrogen) atoms. The lowest BCUT2D eigenvalue weighted by Gasteiger charge is -2.29. The summed E-state index contributed by atoms with van der Waals surface area (Å²) in [5.74, 6) is -0.698. The van der Waals surface area contributed by atoms with Crippen LogP contribution < -0.4 is 4.74 Å². The van der Waals surface area contributed by atoms with Gasteiger partial charge in [-0.3, -0.25) is 0 Å². The molecule has 1 aromatic rings. The summed E-state index contributed by atoms with van der Waals surface area (Å²) < 4.78 is 56.4. The summed E-state index contributed by atoms with van der Waals surface area (Å²) in [4.78, 5) is 0. The minimum absolute atomic E-state index is 0.0202. The monoisotopic (exact) mass is 310 g/mol. The van der Waals surface area contributed by atoms with Crippen molar-refractivity contribution in [3.63, 3.8) is 0 Å². The van der Waals surface area contributed by atoms with E-state index in [1.54, 1.807) is 0 Å². The largest absolute Gasteiger partial charge is 0.493 e. The van der Waals surface area contributed by atoms with Gasteiger partial charge in [0, 0.05) is 5.41 Å². The number of hydrogen-bond donors (Lipinski definition) is 1. The molecule has 0 amide bonds. The lowest BCUT2D eigenvalue weighted by atomic mass is 9.85. The summed E-state index contributed by atoms with van der Waals surface area (Å²) in [6, 6.07) is 2.68. The Morgan fingerprint density at radius 1 is 1.15 bits per heavy atom. The van der Waals surface area contributed by atoms with Crippen molar-refractivity contribution in [3.8, 4) is 5.75 Å². The second-order valence-electron chi connectivity index (χ2n) is 4.79. The van der Waals surface area contributed by atoms with Crippen molar-refractivity contribution in [2.24, 2.45) is 5.41 Å². The van der Waals surface area contributed by atoms with E-state index in [2.05, 4.69) is 12.6 Å². The standard InChI is InChI=1S/C14H18F4OS/c1-3-13(4-2,9-20)8-19-10-5-6-12(15)11(7-10)14(16,17)18/h5-7,20H,3-4,8-9H2,1-2H3. The van der Waals surface area contributed by atoms with Crippen LogP contribution in [0.3, 0.4) is 0 Å². The molecule has 0 spiro atoms. The molecule has 1 aromatic carbocycles. The van der Waals surface area contributed by atoms with Crippen molar-refractivity contribution in [1.29, 1.82) is 0 Å². The molecule has 0 aromatic heterocycles. The normalized spacial score (nSPS) is 12.6. The maximum atomic E-state index is 13.2. The van der Waals surface area contributed by atoms with Crippen LogP contribution in [0.15, 0.2) is 18.2 Å². The van der Waals surface area contributed by atoms with Crippen LogP contribution in [-0.2, 0) is 6.18 Å². The molecule has 0 aliphatic rings. The fraction of sp³-hybridized carbons (Fsp3) is 0.571. The Morgan fingerprint density at radius 2 is 1.75 bits per heavy atom. The summed E-state index contributed by atoms with van der Waals surface area (Å²) in [6.45, 7) is 4.22. The molecule has 0 atom stereocenters. The molecule has 0 radical (unpaired) electrons. The van der Waals surface area contributed by atoms with E-state index in [0.717, 1.165) is 18.9 Å². The van der Waals surface area contributed by atoms with Crippen LogP contribution in [0.1, 0.15) is 32.3 Å². The van der Waals surface area contributed by atoms with Crippen molar-refractivity contribution in [2.45, 2.75) is 32.9 Å². The summed E-state index contributed by atoms with van der Waals surface area (Å²) in [5.41, 5.74) is -1.49. The summed E-state index contributed by atoms with van der Waals surface area (Å²) in [6.07, 6.45) is -3.11. The van der Waals surface area contributed by atoms with E-state index < -0.39 is 17.6 Å². The van der Waals surface area contributed by atoms with Gasteiger partial charge in [0.15, 0.2) is 0 Å². The van der Waals surface area contributed by atoms with E-state index in [-0.39, 0.29) is 17.8 Å². The van der Waals surface area contributed by atoms with E-state index in [4.69, 9.17) is 4.74 Å².